The summed E-state index contributed by atoms with van der Waals surface area (Å²) in [6, 6.07) is 51.6. The van der Waals surface area contributed by atoms with Gasteiger partial charge in [-0.2, -0.15) is 0 Å². The van der Waals surface area contributed by atoms with Gasteiger partial charge >= 0.3 is 0 Å². The van der Waals surface area contributed by atoms with Crippen LogP contribution in [0.5, 0.6) is 23.0 Å². The summed E-state index contributed by atoms with van der Waals surface area (Å²) in [4.78, 5) is 49.8. The number of ether oxygens (including phenoxy) is 3. The van der Waals surface area contributed by atoms with Gasteiger partial charge in [0.1, 0.15) is 11.5 Å². The van der Waals surface area contributed by atoms with E-state index < -0.39 is 31.6 Å². The lowest BCUT2D eigenvalue weighted by atomic mass is 9.82. The van der Waals surface area contributed by atoms with Crippen LogP contribution in [0.15, 0.2) is 176 Å². The maximum Gasteiger partial charge on any atom is 0.266 e. The van der Waals surface area contributed by atoms with E-state index in [0.29, 0.717) is 86.8 Å². The number of rotatable bonds is 11. The minimum absolute atomic E-state index is 0.118. The molecule has 1 spiro atoms. The summed E-state index contributed by atoms with van der Waals surface area (Å²) in [6.45, 7) is 5.52. The number of aliphatic hydroxyl groups excluding tert-OH is 1. The van der Waals surface area contributed by atoms with E-state index in [1.54, 1.807) is 75.1 Å². The monoisotopic (exact) mass is 1000 g/mol. The SMILES string of the molecule is C[C@@H]1[C@@H]([Si](C)(C)F)[C@H](CCn2cc(C(CO)c3ccccc3)nn2)O[C@@]12C(=O)N(Cc1ccc(N3C(=O)c4ccccc4Oc4ccccc43)cc1)c1ccc(N3C(=O)c4ccccc4Oc4ccccc43)cc12. The first-order valence-electron chi connectivity index (χ1n) is 24.8. The van der Waals surface area contributed by atoms with E-state index in [0.717, 1.165) is 11.1 Å². The number of nitrogens with zero attached hydrogens (tertiary/aromatic N) is 6. The van der Waals surface area contributed by atoms with Gasteiger partial charge in [0.25, 0.3) is 17.7 Å². The Balaban J connectivity index is 0.925. The van der Waals surface area contributed by atoms with Crippen LogP contribution in [0.3, 0.4) is 0 Å². The molecule has 0 bridgehead atoms. The second-order valence-electron chi connectivity index (χ2n) is 19.8. The van der Waals surface area contributed by atoms with Gasteiger partial charge in [0.2, 0.25) is 8.41 Å². The molecule has 5 atom stereocenters. The Morgan fingerprint density at radius 3 is 1.84 bits per heavy atom. The molecule has 15 heteroatoms. The molecule has 0 saturated carbocycles. The van der Waals surface area contributed by atoms with E-state index in [-0.39, 0.29) is 36.8 Å². The van der Waals surface area contributed by atoms with Gasteiger partial charge in [0, 0.05) is 41.1 Å². The van der Waals surface area contributed by atoms with Crippen LogP contribution < -0.4 is 24.2 Å². The number of hydrogen-bond donors (Lipinski definition) is 1. The summed E-state index contributed by atoms with van der Waals surface area (Å²) in [6.07, 6.45) is 1.41. The van der Waals surface area contributed by atoms with Crippen molar-refractivity contribution in [2.45, 2.75) is 62.7 Å². The van der Waals surface area contributed by atoms with E-state index in [1.165, 1.54) is 0 Å². The second-order valence-corrected chi connectivity index (χ2v) is 23.6. The lowest BCUT2D eigenvalue weighted by Crippen LogP contribution is -2.45. The van der Waals surface area contributed by atoms with Crippen LogP contribution in [0, 0.1) is 5.92 Å². The van der Waals surface area contributed by atoms with Gasteiger partial charge in [-0.3, -0.25) is 28.9 Å². The molecule has 4 aliphatic rings. The number of hydrogen-bond acceptors (Lipinski definition) is 9. The van der Waals surface area contributed by atoms with Gasteiger partial charge in [0.05, 0.1) is 59.1 Å². The van der Waals surface area contributed by atoms with Gasteiger partial charge in [0.15, 0.2) is 17.1 Å². The highest BCUT2D eigenvalue weighted by Gasteiger charge is 2.67. The van der Waals surface area contributed by atoms with E-state index in [4.69, 9.17) is 14.2 Å². The molecule has 0 radical (unpaired) electrons. The molecule has 12 rings (SSSR count). The highest BCUT2D eigenvalue weighted by molar-refractivity contribution is 6.72. The number of aryl methyl sites for hydroxylation is 1. The van der Waals surface area contributed by atoms with Crippen molar-refractivity contribution in [1.29, 1.82) is 0 Å². The normalized spacial score (nSPS) is 20.2. The molecule has 1 unspecified atom stereocenters. The number of carbonyl (C=O) groups is 3. The first-order valence-corrected chi connectivity index (χ1v) is 27.8. The number of fused-ring (bicyclic) bond motifs is 6. The molecular weight excluding hydrogens is 952 g/mol. The molecule has 13 nitrogen and oxygen atoms in total. The van der Waals surface area contributed by atoms with Gasteiger partial charge in [-0.25, -0.2) is 0 Å². The number of carbonyl (C=O) groups excluding carboxylic acids is 3. The quantitative estimate of drug-likeness (QED) is 0.0990. The Morgan fingerprint density at radius 1 is 0.676 bits per heavy atom. The number of anilines is 5. The molecular formula is C59H51FN6O7Si. The zero-order chi connectivity index (χ0) is 50.9. The van der Waals surface area contributed by atoms with Crippen LogP contribution in [0.1, 0.15) is 62.4 Å². The maximum atomic E-state index is 17.2. The highest BCUT2D eigenvalue weighted by Crippen LogP contribution is 2.61. The van der Waals surface area contributed by atoms with E-state index >= 15 is 8.90 Å². The van der Waals surface area contributed by atoms with Crippen molar-refractivity contribution in [1.82, 2.24) is 15.0 Å². The van der Waals surface area contributed by atoms with Crippen LogP contribution in [0.25, 0.3) is 0 Å². The van der Waals surface area contributed by atoms with Gasteiger partial charge in [-0.05, 0) is 110 Å². The van der Waals surface area contributed by atoms with Crippen LogP contribution in [0.4, 0.5) is 32.5 Å². The fraction of sp³-hybridized carbons (Fsp3) is 0.203. The summed E-state index contributed by atoms with van der Waals surface area (Å²) < 4.78 is 38.8. The van der Waals surface area contributed by atoms with Crippen molar-refractivity contribution in [3.05, 3.63) is 210 Å². The largest absolute Gasteiger partial charge is 0.454 e. The van der Waals surface area contributed by atoms with E-state index in [1.807, 2.05) is 140 Å². The molecule has 5 heterocycles. The van der Waals surface area contributed by atoms with Crippen molar-refractivity contribution in [2.24, 2.45) is 5.92 Å². The summed E-state index contributed by atoms with van der Waals surface area (Å²) in [5.74, 6) is -0.0492. The first kappa shape index (κ1) is 46.8. The molecule has 74 heavy (non-hydrogen) atoms. The summed E-state index contributed by atoms with van der Waals surface area (Å²) in [7, 11) is -3.62. The molecule has 370 valence electrons. The summed E-state index contributed by atoms with van der Waals surface area (Å²) in [5, 5.41) is 19.2. The minimum Gasteiger partial charge on any atom is -0.454 e. The lowest BCUT2D eigenvalue weighted by Gasteiger charge is -2.31. The van der Waals surface area contributed by atoms with Crippen molar-refractivity contribution in [3.63, 3.8) is 0 Å². The highest BCUT2D eigenvalue weighted by atomic mass is 28.4. The molecule has 1 saturated heterocycles. The predicted molar refractivity (Wildman–Crippen MR) is 281 cm³/mol. The number of halogens is 1. The maximum absolute atomic E-state index is 17.2. The molecule has 8 aromatic rings. The summed E-state index contributed by atoms with van der Waals surface area (Å²) >= 11 is 0. The number of para-hydroxylation sites is 6. The fourth-order valence-electron chi connectivity index (χ4n) is 11.6. The molecule has 0 aliphatic carbocycles. The zero-order valence-electron chi connectivity index (χ0n) is 40.8. The van der Waals surface area contributed by atoms with Crippen molar-refractivity contribution in [2.75, 3.05) is 21.3 Å². The number of aromatic nitrogens is 3. The average Bonchev–Trinajstić information content (AvgIpc) is 4.03. The standard InChI is InChI=1S/C59H51FN6O7Si/c1-37-55(74(2,3)60)54(31-32-63-35-46(61-62-63)44(36-67)39-15-5-4-6-16-39)73-59(37)45-33-41(66-49-20-10-14-24-53(49)72-51-22-12-8-18-43(51)57(66)69)29-30-47(45)64(58(59)70)34-38-25-27-40(28-26-38)65-48-19-9-13-23-52(48)71-50-21-11-7-17-42(50)56(65)68/h4-30,33,35,37,44,54-55,67H,31-32,34,36H2,1-3H3/t37-,44?,54+,55-,59+/m1/s1. The zero-order valence-corrected chi connectivity index (χ0v) is 41.8. The molecule has 4 aliphatic heterocycles. The molecule has 1 N–H and O–H groups in total. The van der Waals surface area contributed by atoms with E-state index in [2.05, 4.69) is 10.3 Å². The number of amides is 3. The Kier molecular flexibility index (Phi) is 11.6. The predicted octanol–water partition coefficient (Wildman–Crippen LogP) is 12.0. The van der Waals surface area contributed by atoms with Crippen molar-refractivity contribution >= 4 is 54.6 Å². The molecule has 1 aromatic heterocycles. The van der Waals surface area contributed by atoms with Gasteiger partial charge in [-0.15, -0.1) is 5.10 Å². The number of aliphatic hydroxyl groups is 1. The third-order valence-electron chi connectivity index (χ3n) is 15.0. The molecule has 1 fully saturated rings. The smallest absolute Gasteiger partial charge is 0.266 e. The third-order valence-corrected chi connectivity index (χ3v) is 17.4. The molecule has 3 amide bonds. The van der Waals surface area contributed by atoms with Crippen LogP contribution in [-0.2, 0) is 28.2 Å². The Labute approximate surface area is 428 Å². The lowest BCUT2D eigenvalue weighted by molar-refractivity contribution is -0.146. The summed E-state index contributed by atoms with van der Waals surface area (Å²) in [5.41, 5.74) is 4.06. The molecule has 7 aromatic carbocycles. The van der Waals surface area contributed by atoms with Gasteiger partial charge < -0.3 is 28.3 Å². The Bertz CT molecular complexity index is 3490. The Morgan fingerprint density at radius 2 is 1.23 bits per heavy atom. The third kappa shape index (κ3) is 7.77. The average molecular weight is 1000 g/mol. The Hall–Kier alpha value is -8.24. The van der Waals surface area contributed by atoms with Crippen molar-refractivity contribution < 1.29 is 37.8 Å². The van der Waals surface area contributed by atoms with Crippen LogP contribution in [-0.4, -0.2) is 58.9 Å². The van der Waals surface area contributed by atoms with Crippen LogP contribution >= 0.6 is 0 Å². The fourth-order valence-corrected chi connectivity index (χ4v) is 14.1. The van der Waals surface area contributed by atoms with Gasteiger partial charge in [-0.1, -0.05) is 103 Å². The minimum atomic E-state index is -3.62. The van der Waals surface area contributed by atoms with E-state index in [9.17, 15) is 14.7 Å². The van der Waals surface area contributed by atoms with Crippen LogP contribution in [0.2, 0.25) is 18.6 Å². The topological polar surface area (TPSA) is 140 Å². The van der Waals surface area contributed by atoms with Crippen molar-refractivity contribution in [3.8, 4) is 23.0 Å². The second kappa shape index (κ2) is 18.4. The first-order chi connectivity index (χ1) is 35.9. The number of benzene rings is 7.